The summed E-state index contributed by atoms with van der Waals surface area (Å²) in [5.41, 5.74) is 1.35. The number of aliphatic hydroxyl groups is 1. The van der Waals surface area contributed by atoms with E-state index in [1.807, 2.05) is 0 Å². The van der Waals surface area contributed by atoms with Crippen molar-refractivity contribution in [2.75, 3.05) is 45.9 Å². The molecule has 1 aromatic heterocycles. The Morgan fingerprint density at radius 3 is 2.90 bits per heavy atom. The Hall–Kier alpha value is -0.460. The smallest absolute Gasteiger partial charge is 0.0667 e. The number of nitrogens with zero attached hydrogens (tertiary/aromatic N) is 2. The van der Waals surface area contributed by atoms with Crippen LogP contribution < -0.4 is 0 Å². The molecule has 1 unspecified atom stereocenters. The third-order valence-electron chi connectivity index (χ3n) is 3.91. The van der Waals surface area contributed by atoms with Gasteiger partial charge in [0, 0.05) is 39.3 Å². The van der Waals surface area contributed by atoms with E-state index in [0.29, 0.717) is 0 Å². The predicted molar refractivity (Wildman–Crippen MR) is 87.8 cm³/mol. The van der Waals surface area contributed by atoms with Gasteiger partial charge in [-0.05, 0) is 28.8 Å². The molecule has 0 bridgehead atoms. The van der Waals surface area contributed by atoms with E-state index in [0.717, 1.165) is 65.3 Å². The van der Waals surface area contributed by atoms with Crippen LogP contribution in [-0.4, -0.2) is 66.9 Å². The lowest BCUT2D eigenvalue weighted by Crippen LogP contribution is -2.42. The number of aliphatic hydroxyl groups excluding tert-OH is 1. The fourth-order valence-corrected chi connectivity index (χ4v) is 3.37. The molecule has 21 heavy (non-hydrogen) atoms. The number of rotatable bonds is 9. The maximum Gasteiger partial charge on any atom is 0.0667 e. The molecule has 1 N–H and O–H groups in total. The van der Waals surface area contributed by atoms with Gasteiger partial charge in [-0.25, -0.2) is 0 Å². The van der Waals surface area contributed by atoms with Gasteiger partial charge < -0.3 is 9.84 Å². The molecule has 4 nitrogen and oxygen atoms in total. The van der Waals surface area contributed by atoms with E-state index >= 15 is 0 Å². The molecule has 2 rings (SSSR count). The van der Waals surface area contributed by atoms with Crippen molar-refractivity contribution in [1.29, 1.82) is 0 Å². The van der Waals surface area contributed by atoms with Crippen molar-refractivity contribution in [2.45, 2.75) is 32.4 Å². The van der Waals surface area contributed by atoms with Crippen LogP contribution in [0.15, 0.2) is 16.8 Å². The summed E-state index contributed by atoms with van der Waals surface area (Å²) < 4.78 is 5.39. The van der Waals surface area contributed by atoms with Crippen molar-refractivity contribution in [3.63, 3.8) is 0 Å². The zero-order chi connectivity index (χ0) is 14.9. The van der Waals surface area contributed by atoms with Crippen LogP contribution in [0.25, 0.3) is 0 Å². The van der Waals surface area contributed by atoms with Gasteiger partial charge in [-0.3, -0.25) is 9.80 Å². The van der Waals surface area contributed by atoms with Crippen molar-refractivity contribution in [3.05, 3.63) is 22.4 Å². The lowest BCUT2D eigenvalue weighted by atomic mass is 10.2. The molecule has 0 amide bonds. The van der Waals surface area contributed by atoms with Gasteiger partial charge in [0.2, 0.25) is 0 Å². The highest BCUT2D eigenvalue weighted by Crippen LogP contribution is 2.11. The molecule has 1 fully saturated rings. The normalized spacial score (nSPS) is 18.2. The first kappa shape index (κ1) is 16.9. The lowest BCUT2D eigenvalue weighted by Gasteiger charge is -2.30. The van der Waals surface area contributed by atoms with Gasteiger partial charge in [0.05, 0.1) is 19.3 Å². The number of morpholine rings is 1. The van der Waals surface area contributed by atoms with Gasteiger partial charge in [-0.2, -0.15) is 11.3 Å². The molecule has 0 spiro atoms. The van der Waals surface area contributed by atoms with E-state index in [1.165, 1.54) is 5.56 Å². The van der Waals surface area contributed by atoms with Crippen LogP contribution in [-0.2, 0) is 11.3 Å². The first-order chi connectivity index (χ1) is 10.3. The average molecular weight is 312 g/mol. The van der Waals surface area contributed by atoms with Gasteiger partial charge >= 0.3 is 0 Å². The summed E-state index contributed by atoms with van der Waals surface area (Å²) in [5, 5.41) is 14.4. The standard InChI is InChI=1S/C16H28N2O2S/c1-2-3-16(19)13-18(12-15-4-11-21-14-15)6-5-17-7-9-20-10-8-17/h4,11,14,16,19H,2-3,5-10,12-13H2,1H3. The minimum Gasteiger partial charge on any atom is -0.392 e. The van der Waals surface area contributed by atoms with Crippen LogP contribution in [0.5, 0.6) is 0 Å². The maximum absolute atomic E-state index is 10.1. The molecule has 1 aliphatic heterocycles. The summed E-state index contributed by atoms with van der Waals surface area (Å²) in [5.74, 6) is 0. The number of thiophene rings is 1. The van der Waals surface area contributed by atoms with E-state index in [4.69, 9.17) is 4.74 Å². The molecular formula is C16H28N2O2S. The highest BCUT2D eigenvalue weighted by molar-refractivity contribution is 7.07. The first-order valence-electron chi connectivity index (χ1n) is 7.99. The molecule has 1 saturated heterocycles. The second kappa shape index (κ2) is 9.54. The minimum absolute atomic E-state index is 0.210. The third kappa shape index (κ3) is 6.45. The molecule has 1 atom stereocenters. The van der Waals surface area contributed by atoms with Crippen molar-refractivity contribution in [3.8, 4) is 0 Å². The van der Waals surface area contributed by atoms with E-state index < -0.39 is 0 Å². The lowest BCUT2D eigenvalue weighted by molar-refractivity contribution is 0.0287. The molecule has 0 saturated carbocycles. The monoisotopic (exact) mass is 312 g/mol. The van der Waals surface area contributed by atoms with Crippen LogP contribution >= 0.6 is 11.3 Å². The molecule has 120 valence electrons. The molecule has 0 radical (unpaired) electrons. The molecule has 1 aliphatic rings. The van der Waals surface area contributed by atoms with Gasteiger partial charge in [-0.1, -0.05) is 13.3 Å². The Morgan fingerprint density at radius 2 is 2.24 bits per heavy atom. The van der Waals surface area contributed by atoms with E-state index in [1.54, 1.807) is 11.3 Å². The van der Waals surface area contributed by atoms with Crippen LogP contribution in [0.3, 0.4) is 0 Å². The van der Waals surface area contributed by atoms with Crippen LogP contribution in [0.4, 0.5) is 0 Å². The van der Waals surface area contributed by atoms with E-state index in [2.05, 4.69) is 33.6 Å². The largest absolute Gasteiger partial charge is 0.392 e. The van der Waals surface area contributed by atoms with Crippen molar-refractivity contribution >= 4 is 11.3 Å². The second-order valence-electron chi connectivity index (χ2n) is 5.76. The third-order valence-corrected chi connectivity index (χ3v) is 4.65. The van der Waals surface area contributed by atoms with Gasteiger partial charge in [0.1, 0.15) is 0 Å². The van der Waals surface area contributed by atoms with Gasteiger partial charge in [0.15, 0.2) is 0 Å². The molecular weight excluding hydrogens is 284 g/mol. The fraction of sp³-hybridized carbons (Fsp3) is 0.750. The van der Waals surface area contributed by atoms with Crippen LogP contribution in [0, 0.1) is 0 Å². The summed E-state index contributed by atoms with van der Waals surface area (Å²) in [4.78, 5) is 4.84. The maximum atomic E-state index is 10.1. The quantitative estimate of drug-likeness (QED) is 0.757. The Kier molecular flexibility index (Phi) is 7.68. The van der Waals surface area contributed by atoms with Crippen LogP contribution in [0.2, 0.25) is 0 Å². The van der Waals surface area contributed by atoms with Gasteiger partial charge in [-0.15, -0.1) is 0 Å². The Morgan fingerprint density at radius 1 is 1.43 bits per heavy atom. The molecule has 1 aromatic rings. The molecule has 0 aromatic carbocycles. The summed E-state index contributed by atoms with van der Waals surface area (Å²) in [7, 11) is 0. The predicted octanol–water partition coefficient (Wildman–Crippen LogP) is 2.04. The van der Waals surface area contributed by atoms with Crippen LogP contribution in [0.1, 0.15) is 25.3 Å². The van der Waals surface area contributed by atoms with E-state index in [-0.39, 0.29) is 6.10 Å². The summed E-state index contributed by atoms with van der Waals surface area (Å²) >= 11 is 1.74. The highest BCUT2D eigenvalue weighted by atomic mass is 32.1. The average Bonchev–Trinajstić information content (AvgIpc) is 2.99. The Labute approximate surface area is 132 Å². The van der Waals surface area contributed by atoms with Crippen molar-refractivity contribution in [2.24, 2.45) is 0 Å². The summed E-state index contributed by atoms with van der Waals surface area (Å²) in [6.07, 6.45) is 1.72. The number of hydrogen-bond acceptors (Lipinski definition) is 5. The van der Waals surface area contributed by atoms with Crippen molar-refractivity contribution < 1.29 is 9.84 Å². The zero-order valence-electron chi connectivity index (χ0n) is 13.0. The molecule has 5 heteroatoms. The zero-order valence-corrected chi connectivity index (χ0v) is 13.9. The number of ether oxygens (including phenoxy) is 1. The van der Waals surface area contributed by atoms with Gasteiger partial charge in [0.25, 0.3) is 0 Å². The summed E-state index contributed by atoms with van der Waals surface area (Å²) in [6.45, 7) is 9.67. The number of hydrogen-bond donors (Lipinski definition) is 1. The summed E-state index contributed by atoms with van der Waals surface area (Å²) in [6, 6.07) is 2.18. The highest BCUT2D eigenvalue weighted by Gasteiger charge is 2.15. The van der Waals surface area contributed by atoms with Crippen molar-refractivity contribution in [1.82, 2.24) is 9.80 Å². The topological polar surface area (TPSA) is 35.9 Å². The van der Waals surface area contributed by atoms with E-state index in [9.17, 15) is 5.11 Å². The SMILES string of the molecule is CCCC(O)CN(CCN1CCOCC1)Cc1ccsc1. The molecule has 2 heterocycles. The fourth-order valence-electron chi connectivity index (χ4n) is 2.71. The Balaban J connectivity index is 1.81. The Bertz CT molecular complexity index is 366. The minimum atomic E-state index is -0.210. The first-order valence-corrected chi connectivity index (χ1v) is 8.93. The second-order valence-corrected chi connectivity index (χ2v) is 6.54. The molecule has 0 aliphatic carbocycles.